The number of nitrogens with zero attached hydrogens (tertiary/aromatic N) is 1. The van der Waals surface area contributed by atoms with Gasteiger partial charge in [-0.3, -0.25) is 4.90 Å². The molecule has 18 heavy (non-hydrogen) atoms. The van der Waals surface area contributed by atoms with E-state index in [0.29, 0.717) is 19.3 Å². The third kappa shape index (κ3) is 7.31. The number of rotatable bonds is 12. The molecule has 0 spiro atoms. The molecule has 0 unspecified atom stereocenters. The van der Waals surface area contributed by atoms with E-state index < -0.39 is 0 Å². The molecule has 1 N–H and O–H groups in total. The summed E-state index contributed by atoms with van der Waals surface area (Å²) in [6.07, 6.45) is 2.98. The van der Waals surface area contributed by atoms with Crippen molar-refractivity contribution in [2.24, 2.45) is 0 Å². The van der Waals surface area contributed by atoms with E-state index in [9.17, 15) is 0 Å². The molecule has 0 aromatic carbocycles. The Hall–Kier alpha value is -0.160. The molecule has 0 heterocycles. The van der Waals surface area contributed by atoms with Gasteiger partial charge in [-0.15, -0.1) is 0 Å². The summed E-state index contributed by atoms with van der Waals surface area (Å²) in [6.45, 7) is 11.6. The minimum atomic E-state index is -0.115. The maximum absolute atomic E-state index is 9.14. The fourth-order valence-electron chi connectivity index (χ4n) is 2.27. The monoisotopic (exact) mass is 261 g/mol. The second-order valence-corrected chi connectivity index (χ2v) is 4.36. The largest absolute Gasteiger partial charge is 0.395 e. The van der Waals surface area contributed by atoms with Gasteiger partial charge in [-0.25, -0.2) is 0 Å². The molecule has 110 valence electrons. The van der Waals surface area contributed by atoms with E-state index in [1.165, 1.54) is 0 Å². The van der Waals surface area contributed by atoms with Crippen molar-refractivity contribution in [3.05, 3.63) is 0 Å². The Labute approximate surface area is 112 Å². The zero-order valence-electron chi connectivity index (χ0n) is 12.5. The molecule has 0 amide bonds. The molecule has 0 atom stereocenters. The first-order chi connectivity index (χ1) is 8.73. The molecule has 0 aliphatic carbocycles. The summed E-state index contributed by atoms with van der Waals surface area (Å²) in [7, 11) is 0. The van der Waals surface area contributed by atoms with Gasteiger partial charge in [0, 0.05) is 38.8 Å². The number of aliphatic hydroxyl groups is 1. The average molecular weight is 261 g/mol. The first-order valence-corrected chi connectivity index (χ1v) is 7.31. The normalized spacial score (nSPS) is 12.0. The SMILES string of the molecule is CCOC(CCN(CCO)C(CC)CC)OCC. The first kappa shape index (κ1) is 17.8. The van der Waals surface area contributed by atoms with Crippen molar-refractivity contribution in [3.8, 4) is 0 Å². The van der Waals surface area contributed by atoms with E-state index in [-0.39, 0.29) is 12.9 Å². The molecule has 0 saturated carbocycles. The third-order valence-electron chi connectivity index (χ3n) is 3.20. The van der Waals surface area contributed by atoms with Gasteiger partial charge in [0.25, 0.3) is 0 Å². The molecule has 4 nitrogen and oxygen atoms in total. The highest BCUT2D eigenvalue weighted by Crippen LogP contribution is 2.11. The minimum Gasteiger partial charge on any atom is -0.395 e. The fraction of sp³-hybridized carbons (Fsp3) is 1.00. The van der Waals surface area contributed by atoms with Crippen LogP contribution in [-0.4, -0.2) is 55.2 Å². The average Bonchev–Trinajstić information content (AvgIpc) is 2.37. The summed E-state index contributed by atoms with van der Waals surface area (Å²) in [5.74, 6) is 0. The molecular formula is C14H31NO3. The lowest BCUT2D eigenvalue weighted by molar-refractivity contribution is -0.142. The molecule has 0 aromatic rings. The quantitative estimate of drug-likeness (QED) is 0.547. The summed E-state index contributed by atoms with van der Waals surface area (Å²) in [5.41, 5.74) is 0. The topological polar surface area (TPSA) is 41.9 Å². The van der Waals surface area contributed by atoms with Gasteiger partial charge in [0.05, 0.1) is 6.61 Å². The van der Waals surface area contributed by atoms with Gasteiger partial charge in [0.2, 0.25) is 0 Å². The van der Waals surface area contributed by atoms with Crippen molar-refractivity contribution in [2.45, 2.75) is 59.3 Å². The lowest BCUT2D eigenvalue weighted by Gasteiger charge is -2.31. The maximum atomic E-state index is 9.14. The van der Waals surface area contributed by atoms with Gasteiger partial charge >= 0.3 is 0 Å². The summed E-state index contributed by atoms with van der Waals surface area (Å²) in [5, 5.41) is 9.14. The lowest BCUT2D eigenvalue weighted by Crippen LogP contribution is -2.39. The van der Waals surface area contributed by atoms with Crippen LogP contribution in [0.5, 0.6) is 0 Å². The van der Waals surface area contributed by atoms with Crippen LogP contribution in [-0.2, 0) is 9.47 Å². The van der Waals surface area contributed by atoms with Gasteiger partial charge < -0.3 is 14.6 Å². The van der Waals surface area contributed by atoms with Gasteiger partial charge in [-0.1, -0.05) is 13.8 Å². The molecule has 0 saturated heterocycles. The van der Waals surface area contributed by atoms with Crippen LogP contribution >= 0.6 is 0 Å². The van der Waals surface area contributed by atoms with Crippen molar-refractivity contribution in [3.63, 3.8) is 0 Å². The van der Waals surface area contributed by atoms with Gasteiger partial charge in [0.1, 0.15) is 0 Å². The summed E-state index contributed by atoms with van der Waals surface area (Å²) >= 11 is 0. The smallest absolute Gasteiger partial charge is 0.158 e. The van der Waals surface area contributed by atoms with E-state index in [2.05, 4.69) is 18.7 Å². The molecule has 0 aliphatic rings. The number of hydrogen-bond acceptors (Lipinski definition) is 4. The van der Waals surface area contributed by atoms with Gasteiger partial charge in [-0.05, 0) is 26.7 Å². The Morgan fingerprint density at radius 3 is 1.89 bits per heavy atom. The van der Waals surface area contributed by atoms with E-state index >= 15 is 0 Å². The predicted octanol–water partition coefficient (Wildman–Crippen LogP) is 2.26. The highest BCUT2D eigenvalue weighted by molar-refractivity contribution is 4.69. The standard InChI is InChI=1S/C14H31NO3/c1-5-13(6-2)15(11-12-16)10-9-14(17-7-3)18-8-4/h13-14,16H,5-12H2,1-4H3. The summed E-state index contributed by atoms with van der Waals surface area (Å²) < 4.78 is 11.1. The molecular weight excluding hydrogens is 230 g/mol. The Kier molecular flexibility index (Phi) is 11.8. The van der Waals surface area contributed by atoms with Gasteiger partial charge in [-0.2, -0.15) is 0 Å². The molecule has 0 aromatic heterocycles. The zero-order valence-corrected chi connectivity index (χ0v) is 12.5. The highest BCUT2D eigenvalue weighted by atomic mass is 16.7. The van der Waals surface area contributed by atoms with Crippen molar-refractivity contribution < 1.29 is 14.6 Å². The van der Waals surface area contributed by atoms with E-state index in [1.807, 2.05) is 13.8 Å². The van der Waals surface area contributed by atoms with E-state index in [4.69, 9.17) is 14.6 Å². The van der Waals surface area contributed by atoms with Crippen LogP contribution in [0.4, 0.5) is 0 Å². The molecule has 0 aliphatic heterocycles. The second kappa shape index (κ2) is 11.9. The van der Waals surface area contributed by atoms with Crippen LogP contribution in [0.1, 0.15) is 47.0 Å². The summed E-state index contributed by atoms with van der Waals surface area (Å²) in [6, 6.07) is 0.543. The Balaban J connectivity index is 4.20. The van der Waals surface area contributed by atoms with Crippen LogP contribution in [0.2, 0.25) is 0 Å². The van der Waals surface area contributed by atoms with Crippen LogP contribution in [0.3, 0.4) is 0 Å². The number of ether oxygens (including phenoxy) is 2. The van der Waals surface area contributed by atoms with Crippen LogP contribution < -0.4 is 0 Å². The van der Waals surface area contributed by atoms with Crippen molar-refractivity contribution in [1.82, 2.24) is 4.90 Å². The third-order valence-corrected chi connectivity index (χ3v) is 3.20. The van der Waals surface area contributed by atoms with Crippen LogP contribution in [0, 0.1) is 0 Å². The molecule has 0 rings (SSSR count). The Morgan fingerprint density at radius 1 is 0.944 bits per heavy atom. The van der Waals surface area contributed by atoms with E-state index in [0.717, 1.165) is 32.4 Å². The molecule has 0 bridgehead atoms. The van der Waals surface area contributed by atoms with Crippen molar-refractivity contribution in [2.75, 3.05) is 32.9 Å². The van der Waals surface area contributed by atoms with E-state index in [1.54, 1.807) is 0 Å². The molecule has 0 radical (unpaired) electrons. The first-order valence-electron chi connectivity index (χ1n) is 7.31. The number of aliphatic hydroxyl groups excluding tert-OH is 1. The highest BCUT2D eigenvalue weighted by Gasteiger charge is 2.17. The van der Waals surface area contributed by atoms with Crippen LogP contribution in [0.25, 0.3) is 0 Å². The minimum absolute atomic E-state index is 0.115. The predicted molar refractivity (Wildman–Crippen MR) is 74.7 cm³/mol. The molecule has 0 fully saturated rings. The Morgan fingerprint density at radius 2 is 1.50 bits per heavy atom. The zero-order chi connectivity index (χ0) is 13.8. The van der Waals surface area contributed by atoms with Crippen LogP contribution in [0.15, 0.2) is 0 Å². The Bertz CT molecular complexity index is 168. The number of hydrogen-bond donors (Lipinski definition) is 1. The summed E-state index contributed by atoms with van der Waals surface area (Å²) in [4.78, 5) is 2.34. The lowest BCUT2D eigenvalue weighted by atomic mass is 10.1. The second-order valence-electron chi connectivity index (χ2n) is 4.36. The van der Waals surface area contributed by atoms with Gasteiger partial charge in [0.15, 0.2) is 6.29 Å². The van der Waals surface area contributed by atoms with Crippen molar-refractivity contribution in [1.29, 1.82) is 0 Å². The van der Waals surface area contributed by atoms with Crippen molar-refractivity contribution >= 4 is 0 Å². The fourth-order valence-corrected chi connectivity index (χ4v) is 2.27. The molecule has 4 heteroatoms. The maximum Gasteiger partial charge on any atom is 0.158 e.